The van der Waals surface area contributed by atoms with Crippen LogP contribution in [0.15, 0.2) is 24.3 Å². The summed E-state index contributed by atoms with van der Waals surface area (Å²) in [5.74, 6) is 0. The number of nitrogens with zero attached hydrogens (tertiary/aromatic N) is 2. The van der Waals surface area contributed by atoms with Crippen molar-refractivity contribution in [2.45, 2.75) is 6.04 Å². The lowest BCUT2D eigenvalue weighted by Gasteiger charge is -2.38. The van der Waals surface area contributed by atoms with Gasteiger partial charge >= 0.3 is 0 Å². The molecule has 1 aromatic carbocycles. The Morgan fingerprint density at radius 2 is 1.76 bits per heavy atom. The number of hydrogen-bond acceptors (Lipinski definition) is 4. The molecule has 1 aromatic rings. The van der Waals surface area contributed by atoms with Crippen molar-refractivity contribution in [2.75, 3.05) is 46.0 Å². The average Bonchev–Trinajstić information content (AvgIpc) is 2.41. The van der Waals surface area contributed by atoms with Gasteiger partial charge in [-0.3, -0.25) is 4.90 Å². The number of rotatable bonds is 5. The molecule has 2 rings (SSSR count). The molecule has 0 amide bonds. The third-order valence-electron chi connectivity index (χ3n) is 3.77. The fourth-order valence-corrected chi connectivity index (χ4v) is 3.09. The highest BCUT2D eigenvalue weighted by Gasteiger charge is 2.24. The summed E-state index contributed by atoms with van der Waals surface area (Å²) in [7, 11) is -1.10. The maximum absolute atomic E-state index is 11.4. The number of hydrogen-bond donors (Lipinski definition) is 1. The number of nitrogens with one attached hydrogen (secondary N) is 1. The largest absolute Gasteiger partial charge is 0.304 e. The molecule has 1 aliphatic heterocycles. The summed E-state index contributed by atoms with van der Waals surface area (Å²) in [6.45, 7) is 4.21. The Morgan fingerprint density at radius 3 is 2.29 bits per heavy atom. The Labute approximate surface area is 131 Å². The van der Waals surface area contributed by atoms with Gasteiger partial charge in [0, 0.05) is 43.8 Å². The zero-order valence-corrected chi connectivity index (χ0v) is 14.0. The van der Waals surface area contributed by atoms with Crippen LogP contribution in [0.1, 0.15) is 11.6 Å². The van der Waals surface area contributed by atoms with Gasteiger partial charge in [-0.2, -0.15) is 0 Å². The van der Waals surface area contributed by atoms with Crippen molar-refractivity contribution < 1.29 is 8.42 Å². The molecule has 21 heavy (non-hydrogen) atoms. The second-order valence-electron chi connectivity index (χ2n) is 5.53. The van der Waals surface area contributed by atoms with E-state index < -0.39 is 10.0 Å². The van der Waals surface area contributed by atoms with Crippen LogP contribution >= 0.6 is 11.6 Å². The number of benzene rings is 1. The average molecular weight is 332 g/mol. The minimum Gasteiger partial charge on any atom is -0.304 e. The van der Waals surface area contributed by atoms with Crippen LogP contribution in [0.3, 0.4) is 0 Å². The lowest BCUT2D eigenvalue weighted by Crippen LogP contribution is -2.48. The van der Waals surface area contributed by atoms with Crippen molar-refractivity contribution >= 4 is 21.6 Å². The first kappa shape index (κ1) is 16.7. The van der Waals surface area contributed by atoms with Gasteiger partial charge in [0.2, 0.25) is 10.0 Å². The molecule has 1 unspecified atom stereocenters. The van der Waals surface area contributed by atoms with Crippen LogP contribution in [0.25, 0.3) is 0 Å². The third kappa shape index (κ3) is 5.23. The van der Waals surface area contributed by atoms with Gasteiger partial charge in [0.1, 0.15) is 0 Å². The third-order valence-corrected chi connectivity index (χ3v) is 4.72. The van der Waals surface area contributed by atoms with E-state index in [-0.39, 0.29) is 6.04 Å². The minimum absolute atomic E-state index is 0.0330. The van der Waals surface area contributed by atoms with Crippen molar-refractivity contribution in [3.8, 4) is 0 Å². The number of piperazine rings is 1. The predicted octanol–water partition coefficient (Wildman–Crippen LogP) is 1.18. The lowest BCUT2D eigenvalue weighted by atomic mass is 10.0. The molecule has 0 bridgehead atoms. The van der Waals surface area contributed by atoms with Crippen molar-refractivity contribution in [1.29, 1.82) is 0 Å². The van der Waals surface area contributed by atoms with Crippen LogP contribution in [0, 0.1) is 0 Å². The van der Waals surface area contributed by atoms with E-state index in [2.05, 4.69) is 21.6 Å². The Balaban J connectivity index is 2.15. The summed E-state index contributed by atoms with van der Waals surface area (Å²) in [6, 6.07) is 7.66. The highest BCUT2D eigenvalue weighted by atomic mass is 35.5. The monoisotopic (exact) mass is 331 g/mol. The molecule has 1 N–H and O–H groups in total. The second kappa shape index (κ2) is 7.07. The van der Waals surface area contributed by atoms with Crippen LogP contribution in [0.4, 0.5) is 0 Å². The maximum Gasteiger partial charge on any atom is 0.208 e. The Morgan fingerprint density at radius 1 is 1.19 bits per heavy atom. The van der Waals surface area contributed by atoms with Gasteiger partial charge in [0.15, 0.2) is 0 Å². The molecular formula is C14H22ClN3O2S. The van der Waals surface area contributed by atoms with Crippen LogP contribution in [0.2, 0.25) is 5.02 Å². The van der Waals surface area contributed by atoms with Gasteiger partial charge in [-0.1, -0.05) is 23.7 Å². The molecule has 1 saturated heterocycles. The molecule has 0 aliphatic carbocycles. The number of sulfonamides is 1. The number of likely N-dealkylation sites (N-methyl/N-ethyl adjacent to an activating group) is 1. The quantitative estimate of drug-likeness (QED) is 0.880. The van der Waals surface area contributed by atoms with Gasteiger partial charge < -0.3 is 4.90 Å². The van der Waals surface area contributed by atoms with Crippen LogP contribution < -0.4 is 4.72 Å². The normalized spacial score (nSPS) is 19.6. The summed E-state index contributed by atoms with van der Waals surface area (Å²) >= 11 is 5.94. The van der Waals surface area contributed by atoms with Gasteiger partial charge in [0.05, 0.1) is 6.26 Å². The zero-order valence-electron chi connectivity index (χ0n) is 12.4. The SMILES string of the molecule is CN1CCN(C(CNS(C)(=O)=O)c2ccc(Cl)cc2)CC1. The summed E-state index contributed by atoms with van der Waals surface area (Å²) in [5.41, 5.74) is 1.08. The van der Waals surface area contributed by atoms with E-state index in [1.807, 2.05) is 24.3 Å². The van der Waals surface area contributed by atoms with Crippen molar-refractivity contribution in [1.82, 2.24) is 14.5 Å². The Bertz CT molecular complexity index is 554. The van der Waals surface area contributed by atoms with E-state index in [4.69, 9.17) is 11.6 Å². The first-order valence-corrected chi connectivity index (χ1v) is 9.25. The van der Waals surface area contributed by atoms with Crippen LogP contribution in [-0.4, -0.2) is 64.2 Å². The topological polar surface area (TPSA) is 52.6 Å². The van der Waals surface area contributed by atoms with Gasteiger partial charge in [-0.15, -0.1) is 0 Å². The summed E-state index contributed by atoms with van der Waals surface area (Å²) in [5, 5.41) is 0.687. The lowest BCUT2D eigenvalue weighted by molar-refractivity contribution is 0.113. The van der Waals surface area contributed by atoms with E-state index in [0.29, 0.717) is 11.6 Å². The fourth-order valence-electron chi connectivity index (χ4n) is 2.51. The first-order chi connectivity index (χ1) is 9.85. The first-order valence-electron chi connectivity index (χ1n) is 6.98. The molecule has 118 valence electrons. The highest BCUT2D eigenvalue weighted by Crippen LogP contribution is 2.23. The molecule has 0 aromatic heterocycles. The molecule has 0 spiro atoms. The van der Waals surface area contributed by atoms with Crippen molar-refractivity contribution in [3.63, 3.8) is 0 Å². The molecule has 1 heterocycles. The van der Waals surface area contributed by atoms with Crippen molar-refractivity contribution in [3.05, 3.63) is 34.9 Å². The molecule has 1 fully saturated rings. The Hall–Kier alpha value is -0.660. The molecular weight excluding hydrogens is 310 g/mol. The molecule has 1 aliphatic rings. The minimum atomic E-state index is -3.20. The predicted molar refractivity (Wildman–Crippen MR) is 86.1 cm³/mol. The van der Waals surface area contributed by atoms with Gasteiger partial charge in [-0.25, -0.2) is 13.1 Å². The van der Waals surface area contributed by atoms with E-state index in [9.17, 15) is 8.42 Å². The molecule has 7 heteroatoms. The molecule has 1 atom stereocenters. The highest BCUT2D eigenvalue weighted by molar-refractivity contribution is 7.88. The van der Waals surface area contributed by atoms with Crippen LogP contribution in [0.5, 0.6) is 0 Å². The smallest absolute Gasteiger partial charge is 0.208 e. The Kier molecular flexibility index (Phi) is 5.62. The fraction of sp³-hybridized carbons (Fsp3) is 0.571. The molecule has 5 nitrogen and oxygen atoms in total. The standard InChI is InChI=1S/C14H22ClN3O2S/c1-17-7-9-18(10-8-17)14(11-16-21(2,19)20)12-3-5-13(15)6-4-12/h3-6,14,16H,7-11H2,1-2H3. The van der Waals surface area contributed by atoms with Gasteiger partial charge in [0.25, 0.3) is 0 Å². The van der Waals surface area contributed by atoms with E-state index in [1.165, 1.54) is 6.26 Å². The molecule has 0 saturated carbocycles. The second-order valence-corrected chi connectivity index (χ2v) is 7.80. The van der Waals surface area contributed by atoms with E-state index in [1.54, 1.807) is 0 Å². The zero-order chi connectivity index (χ0) is 15.5. The molecule has 0 radical (unpaired) electrons. The summed E-state index contributed by atoms with van der Waals surface area (Å²) < 4.78 is 25.4. The van der Waals surface area contributed by atoms with Crippen LogP contribution in [-0.2, 0) is 10.0 Å². The van der Waals surface area contributed by atoms with E-state index in [0.717, 1.165) is 31.7 Å². The maximum atomic E-state index is 11.4. The van der Waals surface area contributed by atoms with E-state index >= 15 is 0 Å². The van der Waals surface area contributed by atoms with Crippen molar-refractivity contribution in [2.24, 2.45) is 0 Å². The summed E-state index contributed by atoms with van der Waals surface area (Å²) in [6.07, 6.45) is 1.19. The summed E-state index contributed by atoms with van der Waals surface area (Å²) in [4.78, 5) is 4.60. The van der Waals surface area contributed by atoms with Gasteiger partial charge in [-0.05, 0) is 24.7 Å². The number of halogens is 1.